The molecular weight excluding hydrogens is 881 g/mol. The van der Waals surface area contributed by atoms with Crippen LogP contribution in [0.15, 0.2) is 66.4 Å². The van der Waals surface area contributed by atoms with Crippen molar-refractivity contribution in [1.82, 2.24) is 42.5 Å². The van der Waals surface area contributed by atoms with E-state index in [1.165, 1.54) is 6.92 Å². The van der Waals surface area contributed by atoms with Crippen molar-refractivity contribution in [3.8, 4) is 0 Å². The van der Waals surface area contributed by atoms with Gasteiger partial charge in [-0.2, -0.15) is 0 Å². The van der Waals surface area contributed by atoms with Gasteiger partial charge >= 0.3 is 0 Å². The number of nitrogens with one attached hydrogen (secondary N) is 9. The molecule has 1 aliphatic heterocycles. The first kappa shape index (κ1) is 55.5. The lowest BCUT2D eigenvalue weighted by atomic mass is 10.00. The van der Waals surface area contributed by atoms with E-state index in [1.807, 2.05) is 0 Å². The summed E-state index contributed by atoms with van der Waals surface area (Å²) in [6.07, 6.45) is -0.898. The third kappa shape index (κ3) is 17.8. The van der Waals surface area contributed by atoms with E-state index in [0.29, 0.717) is 16.7 Å². The van der Waals surface area contributed by atoms with E-state index in [0.717, 1.165) is 6.08 Å². The van der Waals surface area contributed by atoms with Crippen LogP contribution in [0.25, 0.3) is 0 Å². The van der Waals surface area contributed by atoms with Crippen LogP contribution < -0.4 is 71.2 Å². The average Bonchev–Trinajstić information content (AvgIpc) is 3.29. The van der Waals surface area contributed by atoms with E-state index < -0.39 is 101 Å². The van der Waals surface area contributed by atoms with Crippen molar-refractivity contribution in [1.29, 1.82) is 5.41 Å². The molecule has 0 bridgehead atoms. The molecule has 20 N–H and O–H groups in total. The highest BCUT2D eigenvalue weighted by molar-refractivity contribution is 6.02. The Morgan fingerprint density at radius 1 is 0.750 bits per heavy atom. The summed E-state index contributed by atoms with van der Waals surface area (Å²) in [7, 11) is 0. The van der Waals surface area contributed by atoms with Crippen LogP contribution in [-0.4, -0.2) is 133 Å². The Balaban J connectivity index is 2.10. The number of amidine groups is 1. The molecule has 68 heavy (non-hydrogen) atoms. The molecule has 1 heterocycles. The zero-order valence-corrected chi connectivity index (χ0v) is 38.6. The lowest BCUT2D eigenvalue weighted by Crippen LogP contribution is -2.60. The summed E-state index contributed by atoms with van der Waals surface area (Å²) in [6.45, 7) is 4.02. The molecule has 2 aromatic rings. The van der Waals surface area contributed by atoms with Gasteiger partial charge in [0.25, 0.3) is 5.91 Å². The predicted molar refractivity (Wildman–Crippen MR) is 252 cm³/mol. The lowest BCUT2D eigenvalue weighted by Gasteiger charge is -2.28. The molecule has 1 fully saturated rings. The Hall–Kier alpha value is -6.79. The van der Waals surface area contributed by atoms with E-state index in [-0.39, 0.29) is 76.5 Å². The van der Waals surface area contributed by atoms with Gasteiger partial charge in [0.15, 0.2) is 0 Å². The number of carbonyl (C=O) groups is 8. The summed E-state index contributed by atoms with van der Waals surface area (Å²) < 4.78 is 0. The average molecular weight is 949 g/mol. The maximum absolute atomic E-state index is 14.2. The highest BCUT2D eigenvalue weighted by Crippen LogP contribution is 2.11. The number of nitrogens with two attached hydrogens (primary N) is 5. The first-order chi connectivity index (χ1) is 32.3. The molecule has 0 saturated carbocycles. The van der Waals surface area contributed by atoms with Crippen LogP contribution in [0.5, 0.6) is 0 Å². The van der Waals surface area contributed by atoms with Gasteiger partial charge in [-0.1, -0.05) is 68.4 Å². The minimum absolute atomic E-state index is 0.00232. The Labute approximate surface area is 395 Å². The normalized spacial score (nSPS) is 23.4. The summed E-state index contributed by atoms with van der Waals surface area (Å²) in [6, 6.07) is 5.53. The summed E-state index contributed by atoms with van der Waals surface area (Å²) in [5.74, 6) is -7.24. The molecule has 1 aliphatic rings. The van der Waals surface area contributed by atoms with E-state index in [4.69, 9.17) is 34.1 Å². The summed E-state index contributed by atoms with van der Waals surface area (Å²) in [5.41, 5.74) is 30.6. The monoisotopic (exact) mass is 949 g/mol. The predicted octanol–water partition coefficient (Wildman–Crippen LogP) is -4.40. The minimum Gasteiger partial charge on any atom is -0.391 e. The molecule has 372 valence electrons. The summed E-state index contributed by atoms with van der Waals surface area (Å²) in [5, 5.41) is 38.8. The van der Waals surface area contributed by atoms with E-state index in [1.54, 1.807) is 68.4 Å². The molecule has 2 aromatic carbocycles. The van der Waals surface area contributed by atoms with Crippen LogP contribution in [-0.2, 0) is 51.2 Å². The molecule has 23 nitrogen and oxygen atoms in total. The standard InChI is InChI=1S/C45H68N14O9/c1-24(2)21-34-43(66)56-30(13-17-46)39(62)55-32(15-19-48)42(65)59-36(25(3)60)45(68)52-20-16-33(53-38(61)29(49)22-27-9-11-28(12-10-27)37(50)51)41(64)54-31(14-18-47)40(63)58-35(44(67)57-34)23-26-7-5-4-6-8-26/h4-12,15,24-25,29-31,33-36,60H,13-14,16-23,46-49H2,1-3H3,(H3,50,51)(H,52,68)(H,53,61)(H,54,64)(H,55,62)(H,56,66)(H,57,67)(H,58,63)(H,59,65)/b32-15-/t25?,29-,30+,31+,33+,34+,35-,36+/m1/s1. The maximum Gasteiger partial charge on any atom is 0.268 e. The van der Waals surface area contributed by atoms with Gasteiger partial charge in [-0.25, -0.2) is 0 Å². The molecular formula is C45H68N14O9. The molecule has 8 atom stereocenters. The molecule has 0 aromatic heterocycles. The molecule has 0 radical (unpaired) electrons. The van der Waals surface area contributed by atoms with Crippen molar-refractivity contribution in [2.24, 2.45) is 34.6 Å². The fourth-order valence-corrected chi connectivity index (χ4v) is 7.05. The maximum atomic E-state index is 14.2. The van der Waals surface area contributed by atoms with Gasteiger partial charge in [0.05, 0.1) is 12.1 Å². The van der Waals surface area contributed by atoms with Crippen LogP contribution in [0.1, 0.15) is 63.1 Å². The number of benzene rings is 2. The Morgan fingerprint density at radius 3 is 1.88 bits per heavy atom. The van der Waals surface area contributed by atoms with E-state index in [9.17, 15) is 43.5 Å². The van der Waals surface area contributed by atoms with Crippen molar-refractivity contribution in [2.45, 2.75) is 108 Å². The third-order valence-corrected chi connectivity index (χ3v) is 10.7. The van der Waals surface area contributed by atoms with Crippen LogP contribution in [0.2, 0.25) is 0 Å². The number of carbonyl (C=O) groups excluding carboxylic acids is 8. The summed E-state index contributed by atoms with van der Waals surface area (Å²) in [4.78, 5) is 111. The molecule has 8 amide bonds. The zero-order valence-electron chi connectivity index (χ0n) is 38.6. The second-order valence-electron chi connectivity index (χ2n) is 16.8. The molecule has 3 rings (SSSR count). The van der Waals surface area contributed by atoms with Gasteiger partial charge in [-0.3, -0.25) is 43.8 Å². The molecule has 23 heteroatoms. The SMILES string of the molecule is CC(C)C[C@@H]1NC(=O)[C@@H](Cc2ccccc2)NC(=O)[C@H](CCN)NC(=O)[C@@H](NC(=O)[C@H](N)Cc2ccc(C(=N)N)cc2)CCNC(=O)[C@H](C(C)O)NC(=O)/C(=C/CN)NC(=O)[C@H](CCN)NC1=O. The third-order valence-electron chi connectivity index (χ3n) is 10.7. The fourth-order valence-electron chi connectivity index (χ4n) is 7.05. The molecule has 0 aliphatic carbocycles. The largest absolute Gasteiger partial charge is 0.391 e. The number of amides is 8. The Morgan fingerprint density at radius 2 is 1.31 bits per heavy atom. The highest BCUT2D eigenvalue weighted by Gasteiger charge is 2.35. The second-order valence-corrected chi connectivity index (χ2v) is 16.8. The molecule has 0 spiro atoms. The van der Waals surface area contributed by atoms with Crippen LogP contribution in [0, 0.1) is 11.3 Å². The van der Waals surface area contributed by atoms with Crippen molar-refractivity contribution >= 4 is 53.1 Å². The van der Waals surface area contributed by atoms with Crippen molar-refractivity contribution in [3.63, 3.8) is 0 Å². The smallest absolute Gasteiger partial charge is 0.268 e. The van der Waals surface area contributed by atoms with Crippen LogP contribution >= 0.6 is 0 Å². The van der Waals surface area contributed by atoms with E-state index in [2.05, 4.69) is 42.5 Å². The van der Waals surface area contributed by atoms with E-state index >= 15 is 0 Å². The fraction of sp³-hybridized carbons (Fsp3) is 0.489. The minimum atomic E-state index is -1.63. The first-order valence-electron chi connectivity index (χ1n) is 22.4. The number of aliphatic hydroxyl groups excluding tert-OH is 1. The Kier molecular flexibility index (Phi) is 22.7. The topological polar surface area (TPSA) is 407 Å². The second kappa shape index (κ2) is 27.8. The zero-order chi connectivity index (χ0) is 50.5. The van der Waals surface area contributed by atoms with Crippen LogP contribution in [0.3, 0.4) is 0 Å². The van der Waals surface area contributed by atoms with Gasteiger partial charge in [0.2, 0.25) is 41.4 Å². The molecule has 1 saturated heterocycles. The van der Waals surface area contributed by atoms with Crippen molar-refractivity contribution in [2.75, 3.05) is 26.2 Å². The lowest BCUT2D eigenvalue weighted by molar-refractivity contribution is -0.135. The summed E-state index contributed by atoms with van der Waals surface area (Å²) >= 11 is 0. The number of rotatable bonds is 15. The van der Waals surface area contributed by atoms with Gasteiger partial charge < -0.3 is 76.3 Å². The number of hydrogen-bond donors (Lipinski definition) is 15. The van der Waals surface area contributed by atoms with Gasteiger partial charge in [-0.15, -0.1) is 0 Å². The number of hydrogen-bond acceptors (Lipinski definition) is 14. The van der Waals surface area contributed by atoms with Gasteiger partial charge in [-0.05, 0) is 75.2 Å². The Bertz CT molecular complexity index is 2100. The molecule has 1 unspecified atom stereocenters. The van der Waals surface area contributed by atoms with Gasteiger partial charge in [0.1, 0.15) is 47.8 Å². The van der Waals surface area contributed by atoms with Crippen molar-refractivity contribution < 1.29 is 43.5 Å². The van der Waals surface area contributed by atoms with Gasteiger partial charge in [0, 0.05) is 25.1 Å². The number of aliphatic hydroxyl groups is 1. The van der Waals surface area contributed by atoms with Crippen LogP contribution in [0.4, 0.5) is 0 Å². The quantitative estimate of drug-likeness (QED) is 0.0456. The van der Waals surface area contributed by atoms with Crippen molar-refractivity contribution in [3.05, 3.63) is 83.1 Å². The first-order valence-corrected chi connectivity index (χ1v) is 22.4. The highest BCUT2D eigenvalue weighted by atomic mass is 16.3. The number of nitrogen functional groups attached to an aromatic ring is 1.